The molecule has 2 fully saturated rings. The van der Waals surface area contributed by atoms with Crippen molar-refractivity contribution in [3.63, 3.8) is 0 Å². The Morgan fingerprint density at radius 3 is 2.72 bits per heavy atom. The van der Waals surface area contributed by atoms with Gasteiger partial charge in [-0.15, -0.1) is 0 Å². The minimum atomic E-state index is 0.542. The van der Waals surface area contributed by atoms with Gasteiger partial charge in [0.05, 0.1) is 12.7 Å². The molecule has 0 amide bonds. The first-order chi connectivity index (χ1) is 8.90. The van der Waals surface area contributed by atoms with Gasteiger partial charge < -0.3 is 14.8 Å². The van der Waals surface area contributed by atoms with E-state index in [-0.39, 0.29) is 0 Å². The van der Waals surface area contributed by atoms with Crippen molar-refractivity contribution in [2.24, 2.45) is 11.8 Å². The monoisotopic (exact) mass is 255 g/mol. The Balaban J connectivity index is 1.73. The highest BCUT2D eigenvalue weighted by molar-refractivity contribution is 4.80. The number of hydrogen-bond donors (Lipinski definition) is 1. The van der Waals surface area contributed by atoms with Gasteiger partial charge in [-0.25, -0.2) is 0 Å². The Morgan fingerprint density at radius 1 is 1.22 bits per heavy atom. The summed E-state index contributed by atoms with van der Waals surface area (Å²) in [4.78, 5) is 0. The molecule has 0 radical (unpaired) electrons. The first kappa shape index (κ1) is 14.3. The van der Waals surface area contributed by atoms with E-state index in [9.17, 15) is 0 Å². The van der Waals surface area contributed by atoms with Crippen molar-refractivity contribution < 1.29 is 9.47 Å². The second-order valence-electron chi connectivity index (χ2n) is 5.87. The highest BCUT2D eigenvalue weighted by Gasteiger charge is 2.28. The molecule has 1 N–H and O–H groups in total. The van der Waals surface area contributed by atoms with Gasteiger partial charge in [0.25, 0.3) is 0 Å². The van der Waals surface area contributed by atoms with E-state index in [1.54, 1.807) is 7.11 Å². The van der Waals surface area contributed by atoms with Crippen LogP contribution in [0.4, 0.5) is 0 Å². The van der Waals surface area contributed by atoms with Crippen LogP contribution < -0.4 is 5.32 Å². The molecule has 18 heavy (non-hydrogen) atoms. The molecule has 2 unspecified atom stereocenters. The standard InChI is InChI=1S/C15H29NO2/c1-17-10-8-16-12-14(13-5-2-3-6-13)11-15-7-4-9-18-15/h13-16H,2-12H2,1H3. The molecule has 2 rings (SSSR count). The van der Waals surface area contributed by atoms with Crippen LogP contribution in [0.5, 0.6) is 0 Å². The Hall–Kier alpha value is -0.120. The zero-order valence-electron chi connectivity index (χ0n) is 11.8. The summed E-state index contributed by atoms with van der Waals surface area (Å²) in [5, 5.41) is 3.56. The minimum Gasteiger partial charge on any atom is -0.383 e. The molecule has 1 saturated heterocycles. The lowest BCUT2D eigenvalue weighted by Gasteiger charge is -2.26. The molecule has 2 aliphatic rings. The summed E-state index contributed by atoms with van der Waals surface area (Å²) in [6.45, 7) is 3.93. The first-order valence-electron chi connectivity index (χ1n) is 7.71. The largest absolute Gasteiger partial charge is 0.383 e. The quantitative estimate of drug-likeness (QED) is 0.676. The summed E-state index contributed by atoms with van der Waals surface area (Å²) in [5.41, 5.74) is 0. The van der Waals surface area contributed by atoms with Crippen molar-refractivity contribution in [1.29, 1.82) is 0 Å². The molecular weight excluding hydrogens is 226 g/mol. The molecule has 3 nitrogen and oxygen atoms in total. The predicted molar refractivity (Wildman–Crippen MR) is 73.8 cm³/mol. The lowest BCUT2D eigenvalue weighted by molar-refractivity contribution is 0.0784. The van der Waals surface area contributed by atoms with Gasteiger partial charge in [-0.1, -0.05) is 25.7 Å². The van der Waals surface area contributed by atoms with Crippen LogP contribution in [0.2, 0.25) is 0 Å². The van der Waals surface area contributed by atoms with E-state index in [1.807, 2.05) is 0 Å². The minimum absolute atomic E-state index is 0.542. The van der Waals surface area contributed by atoms with Crippen LogP contribution in [-0.2, 0) is 9.47 Å². The lowest BCUT2D eigenvalue weighted by atomic mass is 9.85. The van der Waals surface area contributed by atoms with Gasteiger partial charge in [0.15, 0.2) is 0 Å². The molecule has 1 heterocycles. The van der Waals surface area contributed by atoms with Crippen LogP contribution in [0, 0.1) is 11.8 Å². The zero-order chi connectivity index (χ0) is 12.6. The van der Waals surface area contributed by atoms with Crippen molar-refractivity contribution in [2.75, 3.05) is 33.4 Å². The fraction of sp³-hybridized carbons (Fsp3) is 1.00. The van der Waals surface area contributed by atoms with Gasteiger partial charge in [0, 0.05) is 20.3 Å². The molecule has 0 aromatic rings. The number of rotatable bonds is 8. The van der Waals surface area contributed by atoms with Crippen molar-refractivity contribution in [3.05, 3.63) is 0 Å². The first-order valence-corrected chi connectivity index (χ1v) is 7.71. The van der Waals surface area contributed by atoms with E-state index < -0.39 is 0 Å². The molecule has 106 valence electrons. The van der Waals surface area contributed by atoms with E-state index >= 15 is 0 Å². The molecule has 1 saturated carbocycles. The summed E-state index contributed by atoms with van der Waals surface area (Å²) in [5.74, 6) is 1.75. The Bertz CT molecular complexity index is 211. The fourth-order valence-corrected chi connectivity index (χ4v) is 3.50. The van der Waals surface area contributed by atoms with Gasteiger partial charge in [0.2, 0.25) is 0 Å². The summed E-state index contributed by atoms with van der Waals surface area (Å²) >= 11 is 0. The third kappa shape index (κ3) is 4.52. The van der Waals surface area contributed by atoms with E-state index in [1.165, 1.54) is 44.9 Å². The lowest BCUT2D eigenvalue weighted by Crippen LogP contribution is -2.32. The van der Waals surface area contributed by atoms with Gasteiger partial charge in [-0.05, 0) is 37.6 Å². The average Bonchev–Trinajstić information content (AvgIpc) is 3.05. The second-order valence-corrected chi connectivity index (χ2v) is 5.87. The van der Waals surface area contributed by atoms with Crippen molar-refractivity contribution in [2.45, 2.75) is 51.0 Å². The molecule has 0 aromatic heterocycles. The summed E-state index contributed by atoms with van der Waals surface area (Å²) in [6.07, 6.45) is 10.1. The van der Waals surface area contributed by atoms with Crippen LogP contribution in [0.3, 0.4) is 0 Å². The Labute approximate surface area is 112 Å². The van der Waals surface area contributed by atoms with E-state index in [4.69, 9.17) is 9.47 Å². The fourth-order valence-electron chi connectivity index (χ4n) is 3.50. The molecule has 1 aliphatic carbocycles. The van der Waals surface area contributed by atoms with Crippen LogP contribution in [0.15, 0.2) is 0 Å². The van der Waals surface area contributed by atoms with Gasteiger partial charge >= 0.3 is 0 Å². The maximum Gasteiger partial charge on any atom is 0.0587 e. The van der Waals surface area contributed by atoms with Gasteiger partial charge in [-0.3, -0.25) is 0 Å². The molecular formula is C15H29NO2. The molecule has 0 bridgehead atoms. The second kappa shape index (κ2) is 8.13. The number of ether oxygens (including phenoxy) is 2. The topological polar surface area (TPSA) is 30.5 Å². The third-order valence-corrected chi connectivity index (χ3v) is 4.55. The number of hydrogen-bond acceptors (Lipinski definition) is 3. The maximum absolute atomic E-state index is 5.82. The smallest absolute Gasteiger partial charge is 0.0587 e. The molecule has 0 aromatic carbocycles. The number of nitrogens with one attached hydrogen (secondary N) is 1. The normalized spacial score (nSPS) is 26.8. The summed E-state index contributed by atoms with van der Waals surface area (Å²) in [7, 11) is 1.77. The van der Waals surface area contributed by atoms with Gasteiger partial charge in [0.1, 0.15) is 0 Å². The van der Waals surface area contributed by atoms with Gasteiger partial charge in [-0.2, -0.15) is 0 Å². The molecule has 0 spiro atoms. The highest BCUT2D eigenvalue weighted by Crippen LogP contribution is 2.35. The average molecular weight is 255 g/mol. The van der Waals surface area contributed by atoms with Crippen molar-refractivity contribution in [3.8, 4) is 0 Å². The maximum atomic E-state index is 5.82. The summed E-state index contributed by atoms with van der Waals surface area (Å²) in [6, 6.07) is 0. The van der Waals surface area contributed by atoms with Crippen LogP contribution in [-0.4, -0.2) is 39.5 Å². The van der Waals surface area contributed by atoms with Crippen LogP contribution in [0.1, 0.15) is 44.9 Å². The zero-order valence-corrected chi connectivity index (χ0v) is 11.8. The van der Waals surface area contributed by atoms with E-state index in [2.05, 4.69) is 5.32 Å². The van der Waals surface area contributed by atoms with Crippen LogP contribution in [0.25, 0.3) is 0 Å². The summed E-state index contributed by atoms with van der Waals surface area (Å²) < 4.78 is 10.9. The molecule has 3 heteroatoms. The van der Waals surface area contributed by atoms with Crippen molar-refractivity contribution >= 4 is 0 Å². The third-order valence-electron chi connectivity index (χ3n) is 4.55. The Kier molecular flexibility index (Phi) is 6.46. The number of methoxy groups -OCH3 is 1. The molecule has 2 atom stereocenters. The van der Waals surface area contributed by atoms with E-state index in [0.29, 0.717) is 6.10 Å². The highest BCUT2D eigenvalue weighted by atomic mass is 16.5. The predicted octanol–water partition coefficient (Wildman–Crippen LogP) is 2.60. The Morgan fingerprint density at radius 2 is 2.06 bits per heavy atom. The molecule has 1 aliphatic heterocycles. The van der Waals surface area contributed by atoms with Crippen molar-refractivity contribution in [1.82, 2.24) is 5.32 Å². The van der Waals surface area contributed by atoms with E-state index in [0.717, 1.165) is 38.1 Å². The van der Waals surface area contributed by atoms with Crippen LogP contribution >= 0.6 is 0 Å². The SMILES string of the molecule is COCCNCC(CC1CCCO1)C1CCCC1.